The Labute approximate surface area is 122 Å². The molecule has 18 heavy (non-hydrogen) atoms. The summed E-state index contributed by atoms with van der Waals surface area (Å²) < 4.78 is 1.78. The van der Waals surface area contributed by atoms with Crippen LogP contribution in [0.5, 0.6) is 0 Å². The van der Waals surface area contributed by atoms with Gasteiger partial charge < -0.3 is 0 Å². The lowest BCUT2D eigenvalue weighted by Gasteiger charge is -2.08. The van der Waals surface area contributed by atoms with Crippen molar-refractivity contribution in [3.05, 3.63) is 56.5 Å². The van der Waals surface area contributed by atoms with Gasteiger partial charge in [0, 0.05) is 14.5 Å². The highest BCUT2D eigenvalue weighted by atomic mass is 79.9. The van der Waals surface area contributed by atoms with Gasteiger partial charge in [-0.15, -0.1) is 0 Å². The lowest BCUT2D eigenvalue weighted by Crippen LogP contribution is -1.90. The third-order valence-corrected chi connectivity index (χ3v) is 3.37. The van der Waals surface area contributed by atoms with Crippen molar-refractivity contribution in [1.82, 2.24) is 0 Å². The molecule has 2 aromatic carbocycles. The Balaban J connectivity index is 2.78. The fourth-order valence-corrected chi connectivity index (χ4v) is 3.04. The first-order chi connectivity index (χ1) is 8.65. The third kappa shape index (κ3) is 2.46. The van der Waals surface area contributed by atoms with Gasteiger partial charge in [-0.25, -0.2) is 0 Å². The number of halogens is 2. The second-order valence-corrected chi connectivity index (χ2v) is 5.44. The molecule has 86 valence electrons. The first-order valence-electron chi connectivity index (χ1n) is 5.05. The van der Waals surface area contributed by atoms with Gasteiger partial charge in [0.1, 0.15) is 0 Å². The predicted molar refractivity (Wildman–Crippen MR) is 76.7 cm³/mol. The van der Waals surface area contributed by atoms with E-state index in [-0.39, 0.29) is 0 Å². The summed E-state index contributed by atoms with van der Waals surface area (Å²) in [7, 11) is 0. The molecule has 0 bridgehead atoms. The Morgan fingerprint density at radius 2 is 1.33 bits per heavy atom. The van der Waals surface area contributed by atoms with Crippen LogP contribution < -0.4 is 0 Å². The first-order valence-corrected chi connectivity index (χ1v) is 6.64. The van der Waals surface area contributed by atoms with E-state index in [4.69, 9.17) is 10.5 Å². The molecule has 0 radical (unpaired) electrons. The summed E-state index contributed by atoms with van der Waals surface area (Å²) in [6.07, 6.45) is 0. The highest BCUT2D eigenvalue weighted by molar-refractivity contribution is 9.11. The highest BCUT2D eigenvalue weighted by Crippen LogP contribution is 2.32. The van der Waals surface area contributed by atoms with Crippen molar-refractivity contribution in [3.63, 3.8) is 0 Å². The molecule has 0 amide bonds. The standard InChI is InChI=1S/C14H6Br2N2/c15-12-4-11(5-13(16)6-12)14-9(7-17)2-1-3-10(14)8-18/h1-6H. The average Bonchev–Trinajstić information content (AvgIpc) is 2.36. The smallest absolute Gasteiger partial charge is 0.0998 e. The topological polar surface area (TPSA) is 47.6 Å². The van der Waals surface area contributed by atoms with Crippen molar-refractivity contribution in [2.75, 3.05) is 0 Å². The second kappa shape index (κ2) is 5.35. The quantitative estimate of drug-likeness (QED) is 0.743. The third-order valence-electron chi connectivity index (χ3n) is 2.46. The molecule has 0 unspecified atom stereocenters. The van der Waals surface area contributed by atoms with Crippen LogP contribution in [0.15, 0.2) is 45.3 Å². The maximum absolute atomic E-state index is 9.16. The van der Waals surface area contributed by atoms with Crippen molar-refractivity contribution >= 4 is 31.9 Å². The Hall–Kier alpha value is -1.62. The Kier molecular flexibility index (Phi) is 3.81. The summed E-state index contributed by atoms with van der Waals surface area (Å²) in [6, 6.07) is 15.1. The normalized spacial score (nSPS) is 9.56. The maximum Gasteiger partial charge on any atom is 0.0998 e. The number of benzene rings is 2. The minimum absolute atomic E-state index is 0.499. The van der Waals surface area contributed by atoms with Gasteiger partial charge in [-0.2, -0.15) is 10.5 Å². The van der Waals surface area contributed by atoms with E-state index in [0.717, 1.165) is 14.5 Å². The molecular weight excluding hydrogens is 356 g/mol. The molecule has 0 heterocycles. The summed E-state index contributed by atoms with van der Waals surface area (Å²) in [5.74, 6) is 0. The molecule has 0 aromatic heterocycles. The van der Waals surface area contributed by atoms with E-state index in [0.29, 0.717) is 16.7 Å². The molecular formula is C14H6Br2N2. The second-order valence-electron chi connectivity index (χ2n) is 3.61. The largest absolute Gasteiger partial charge is 0.192 e. The van der Waals surface area contributed by atoms with E-state index in [1.165, 1.54) is 0 Å². The van der Waals surface area contributed by atoms with Gasteiger partial charge in [-0.05, 0) is 35.9 Å². The lowest BCUT2D eigenvalue weighted by molar-refractivity contribution is 1.43. The molecule has 2 nitrogen and oxygen atoms in total. The molecule has 0 fully saturated rings. The fourth-order valence-electron chi connectivity index (χ4n) is 1.75. The number of nitrogens with zero attached hydrogens (tertiary/aromatic N) is 2. The van der Waals surface area contributed by atoms with Crippen molar-refractivity contribution < 1.29 is 0 Å². The maximum atomic E-state index is 9.16. The Morgan fingerprint density at radius 1 is 0.833 bits per heavy atom. The molecule has 0 atom stereocenters. The van der Waals surface area contributed by atoms with Crippen LogP contribution in [0.3, 0.4) is 0 Å². The van der Waals surface area contributed by atoms with Crippen LogP contribution in [0, 0.1) is 22.7 Å². The van der Waals surface area contributed by atoms with Gasteiger partial charge in [-0.3, -0.25) is 0 Å². The van der Waals surface area contributed by atoms with Crippen molar-refractivity contribution in [2.24, 2.45) is 0 Å². The number of nitriles is 2. The van der Waals surface area contributed by atoms with E-state index in [1.807, 2.05) is 18.2 Å². The molecule has 4 heteroatoms. The molecule has 0 aliphatic heterocycles. The number of hydrogen-bond donors (Lipinski definition) is 0. The molecule has 0 saturated carbocycles. The van der Waals surface area contributed by atoms with Crippen LogP contribution in [0.4, 0.5) is 0 Å². The molecule has 2 rings (SSSR count). The van der Waals surface area contributed by atoms with Crippen LogP contribution >= 0.6 is 31.9 Å². The molecule has 0 saturated heterocycles. The van der Waals surface area contributed by atoms with Gasteiger partial charge in [0.25, 0.3) is 0 Å². The molecule has 0 N–H and O–H groups in total. The summed E-state index contributed by atoms with van der Waals surface area (Å²) in [4.78, 5) is 0. The van der Waals surface area contributed by atoms with Gasteiger partial charge >= 0.3 is 0 Å². The number of rotatable bonds is 1. The predicted octanol–water partition coefficient (Wildman–Crippen LogP) is 4.62. The zero-order valence-corrected chi connectivity index (χ0v) is 12.3. The molecule has 2 aromatic rings. The Bertz CT molecular complexity index is 641. The fraction of sp³-hybridized carbons (Fsp3) is 0. The zero-order chi connectivity index (χ0) is 13.1. The minimum Gasteiger partial charge on any atom is -0.192 e. The van der Waals surface area contributed by atoms with E-state index < -0.39 is 0 Å². The van der Waals surface area contributed by atoms with Crippen LogP contribution in [0.1, 0.15) is 11.1 Å². The van der Waals surface area contributed by atoms with Gasteiger partial charge in [0.2, 0.25) is 0 Å². The van der Waals surface area contributed by atoms with E-state index in [2.05, 4.69) is 44.0 Å². The summed E-state index contributed by atoms with van der Waals surface area (Å²) >= 11 is 6.81. The molecule has 0 aliphatic rings. The SMILES string of the molecule is N#Cc1cccc(C#N)c1-c1cc(Br)cc(Br)c1. The lowest BCUT2D eigenvalue weighted by atomic mass is 9.95. The van der Waals surface area contributed by atoms with E-state index >= 15 is 0 Å². The van der Waals surface area contributed by atoms with Crippen molar-refractivity contribution in [1.29, 1.82) is 10.5 Å². The highest BCUT2D eigenvalue weighted by Gasteiger charge is 2.11. The zero-order valence-electron chi connectivity index (χ0n) is 9.11. The van der Waals surface area contributed by atoms with Crippen LogP contribution in [0.2, 0.25) is 0 Å². The van der Waals surface area contributed by atoms with Crippen molar-refractivity contribution in [3.8, 4) is 23.3 Å². The van der Waals surface area contributed by atoms with Crippen LogP contribution in [-0.4, -0.2) is 0 Å². The van der Waals surface area contributed by atoms with E-state index in [1.54, 1.807) is 18.2 Å². The summed E-state index contributed by atoms with van der Waals surface area (Å²) in [5, 5.41) is 18.3. The first kappa shape index (κ1) is 12.8. The minimum atomic E-state index is 0.499. The van der Waals surface area contributed by atoms with Gasteiger partial charge in [0.05, 0.1) is 23.3 Å². The van der Waals surface area contributed by atoms with Crippen molar-refractivity contribution in [2.45, 2.75) is 0 Å². The van der Waals surface area contributed by atoms with Crippen LogP contribution in [-0.2, 0) is 0 Å². The molecule has 0 spiro atoms. The number of hydrogen-bond acceptors (Lipinski definition) is 2. The van der Waals surface area contributed by atoms with Crippen LogP contribution in [0.25, 0.3) is 11.1 Å². The van der Waals surface area contributed by atoms with Gasteiger partial charge in [-0.1, -0.05) is 37.9 Å². The van der Waals surface area contributed by atoms with E-state index in [9.17, 15) is 0 Å². The summed E-state index contributed by atoms with van der Waals surface area (Å²) in [5.41, 5.74) is 2.51. The summed E-state index contributed by atoms with van der Waals surface area (Å²) in [6.45, 7) is 0. The average molecular weight is 362 g/mol. The molecule has 0 aliphatic carbocycles. The Morgan fingerprint density at radius 3 is 1.78 bits per heavy atom. The monoisotopic (exact) mass is 360 g/mol. The van der Waals surface area contributed by atoms with Gasteiger partial charge in [0.15, 0.2) is 0 Å².